The maximum atomic E-state index is 12.2. The van der Waals surface area contributed by atoms with Crippen LogP contribution >= 0.6 is 0 Å². The highest BCUT2D eigenvalue weighted by Gasteiger charge is 2.23. The Balaban J connectivity index is 2.59. The summed E-state index contributed by atoms with van der Waals surface area (Å²) < 4.78 is 1.62. The molecule has 0 aromatic carbocycles. The van der Waals surface area contributed by atoms with Gasteiger partial charge >= 0.3 is 0 Å². The molecular weight excluding hydrogens is 254 g/mol. The number of amides is 1. The number of nitrogens with one attached hydrogen (secondary N) is 1. The topological polar surface area (TPSA) is 85.8 Å². The molecule has 1 atom stereocenters. The molecule has 114 valence electrons. The van der Waals surface area contributed by atoms with Gasteiger partial charge < -0.3 is 11.1 Å². The second-order valence-electron chi connectivity index (χ2n) is 5.84. The molecule has 1 rings (SSSR count). The Bertz CT molecular complexity index is 427. The number of aromatic nitrogens is 3. The molecule has 0 fully saturated rings. The first-order valence-electron chi connectivity index (χ1n) is 7.32. The zero-order valence-electron chi connectivity index (χ0n) is 13.0. The molecule has 0 aliphatic heterocycles. The van der Waals surface area contributed by atoms with Gasteiger partial charge in [0.25, 0.3) is 0 Å². The molecule has 0 aliphatic carbocycles. The molecule has 0 saturated heterocycles. The van der Waals surface area contributed by atoms with E-state index in [-0.39, 0.29) is 17.5 Å². The van der Waals surface area contributed by atoms with E-state index in [0.717, 1.165) is 31.4 Å². The van der Waals surface area contributed by atoms with E-state index in [1.807, 2.05) is 27.0 Å². The van der Waals surface area contributed by atoms with Gasteiger partial charge in [0, 0.05) is 11.7 Å². The van der Waals surface area contributed by atoms with Crippen LogP contribution in [-0.4, -0.2) is 33.0 Å². The highest BCUT2D eigenvalue weighted by atomic mass is 16.2. The number of nitrogens with two attached hydrogens (primary N) is 1. The summed E-state index contributed by atoms with van der Waals surface area (Å²) >= 11 is 0. The average Bonchev–Trinajstić information content (AvgIpc) is 2.86. The Morgan fingerprint density at radius 3 is 2.80 bits per heavy atom. The molecule has 0 bridgehead atoms. The van der Waals surface area contributed by atoms with Crippen LogP contribution in [0.25, 0.3) is 0 Å². The van der Waals surface area contributed by atoms with Gasteiger partial charge in [-0.15, -0.1) is 5.10 Å². The van der Waals surface area contributed by atoms with Crippen molar-refractivity contribution < 1.29 is 4.79 Å². The molecule has 0 radical (unpaired) electrons. The number of rotatable bonds is 8. The fourth-order valence-corrected chi connectivity index (χ4v) is 1.71. The molecule has 1 unspecified atom stereocenters. The summed E-state index contributed by atoms with van der Waals surface area (Å²) in [6, 6.07) is -0.350. The predicted molar refractivity (Wildman–Crippen MR) is 79.2 cm³/mol. The van der Waals surface area contributed by atoms with Crippen molar-refractivity contribution in [1.82, 2.24) is 20.3 Å². The van der Waals surface area contributed by atoms with E-state index in [9.17, 15) is 4.79 Å². The number of carbonyl (C=O) groups excluding carboxylic acids is 1. The van der Waals surface area contributed by atoms with Crippen molar-refractivity contribution in [2.45, 2.75) is 65.0 Å². The molecule has 1 heterocycles. The van der Waals surface area contributed by atoms with E-state index < -0.39 is 0 Å². The summed E-state index contributed by atoms with van der Waals surface area (Å²) in [5.41, 5.74) is 6.18. The van der Waals surface area contributed by atoms with Gasteiger partial charge in [0.2, 0.25) is 5.91 Å². The first-order valence-corrected chi connectivity index (χ1v) is 7.32. The van der Waals surface area contributed by atoms with Crippen molar-refractivity contribution in [2.24, 2.45) is 5.73 Å². The van der Waals surface area contributed by atoms with Gasteiger partial charge in [-0.05, 0) is 53.0 Å². The molecule has 0 saturated carbocycles. The van der Waals surface area contributed by atoms with Crippen molar-refractivity contribution in [3.63, 3.8) is 0 Å². The Labute approximate surface area is 121 Å². The minimum absolute atomic E-state index is 0.0322. The first kappa shape index (κ1) is 16.6. The van der Waals surface area contributed by atoms with Gasteiger partial charge in [0.1, 0.15) is 6.04 Å². The number of hydrogen-bond donors (Lipinski definition) is 2. The van der Waals surface area contributed by atoms with Crippen LogP contribution in [0.15, 0.2) is 6.20 Å². The highest BCUT2D eigenvalue weighted by molar-refractivity contribution is 5.80. The molecule has 1 aromatic rings. The number of aryl methyl sites for hydroxylation is 1. The van der Waals surface area contributed by atoms with Gasteiger partial charge in [-0.1, -0.05) is 12.1 Å². The van der Waals surface area contributed by atoms with Gasteiger partial charge in [-0.25, -0.2) is 4.68 Å². The minimum Gasteiger partial charge on any atom is -0.349 e. The van der Waals surface area contributed by atoms with Crippen LogP contribution < -0.4 is 11.1 Å². The fourth-order valence-electron chi connectivity index (χ4n) is 1.71. The second-order valence-corrected chi connectivity index (χ2v) is 5.84. The van der Waals surface area contributed by atoms with E-state index >= 15 is 0 Å². The number of hydrogen-bond acceptors (Lipinski definition) is 4. The zero-order chi connectivity index (χ0) is 15.2. The Morgan fingerprint density at radius 2 is 2.20 bits per heavy atom. The molecule has 0 spiro atoms. The number of unbranched alkanes of at least 4 members (excludes halogenated alkanes) is 1. The standard InChI is InChI=1S/C14H27N5O/c1-5-14(3,4)16-13(20)11(2)19-10-12(17-18-19)8-6-7-9-15/h10-11H,5-9,15H2,1-4H3,(H,16,20). The minimum atomic E-state index is -0.350. The van der Waals surface area contributed by atoms with E-state index in [1.54, 1.807) is 4.68 Å². The lowest BCUT2D eigenvalue weighted by Crippen LogP contribution is -2.45. The van der Waals surface area contributed by atoms with Crippen LogP contribution in [0.2, 0.25) is 0 Å². The van der Waals surface area contributed by atoms with E-state index in [4.69, 9.17) is 5.73 Å². The van der Waals surface area contributed by atoms with Crippen LogP contribution in [-0.2, 0) is 11.2 Å². The van der Waals surface area contributed by atoms with Crippen molar-refractivity contribution in [3.8, 4) is 0 Å². The van der Waals surface area contributed by atoms with Gasteiger partial charge in [-0.3, -0.25) is 4.79 Å². The Hall–Kier alpha value is -1.43. The average molecular weight is 281 g/mol. The van der Waals surface area contributed by atoms with E-state index in [1.165, 1.54) is 0 Å². The zero-order valence-corrected chi connectivity index (χ0v) is 13.0. The third-order valence-corrected chi connectivity index (χ3v) is 3.57. The first-order chi connectivity index (χ1) is 9.39. The third-order valence-electron chi connectivity index (χ3n) is 3.57. The summed E-state index contributed by atoms with van der Waals surface area (Å²) in [5.74, 6) is -0.0322. The molecule has 6 nitrogen and oxygen atoms in total. The summed E-state index contributed by atoms with van der Waals surface area (Å²) in [5, 5.41) is 11.2. The number of carbonyl (C=O) groups is 1. The highest BCUT2D eigenvalue weighted by Crippen LogP contribution is 2.12. The quantitative estimate of drug-likeness (QED) is 0.706. The Morgan fingerprint density at radius 1 is 1.50 bits per heavy atom. The maximum Gasteiger partial charge on any atom is 0.245 e. The molecule has 3 N–H and O–H groups in total. The van der Waals surface area contributed by atoms with Crippen molar-refractivity contribution >= 4 is 5.91 Å². The summed E-state index contributed by atoms with van der Waals surface area (Å²) in [4.78, 5) is 12.2. The summed E-state index contributed by atoms with van der Waals surface area (Å²) in [6.45, 7) is 8.60. The predicted octanol–water partition coefficient (Wildman–Crippen LogP) is 1.43. The molecule has 6 heteroatoms. The molecular formula is C14H27N5O. The van der Waals surface area contributed by atoms with E-state index in [2.05, 4.69) is 22.6 Å². The normalized spacial score (nSPS) is 13.2. The fraction of sp³-hybridized carbons (Fsp3) is 0.786. The largest absolute Gasteiger partial charge is 0.349 e. The van der Waals surface area contributed by atoms with Crippen LogP contribution in [0.5, 0.6) is 0 Å². The maximum absolute atomic E-state index is 12.2. The van der Waals surface area contributed by atoms with Crippen molar-refractivity contribution in [1.29, 1.82) is 0 Å². The smallest absolute Gasteiger partial charge is 0.245 e. The second kappa shape index (κ2) is 7.38. The summed E-state index contributed by atoms with van der Waals surface area (Å²) in [7, 11) is 0. The van der Waals surface area contributed by atoms with Crippen LogP contribution in [0, 0.1) is 0 Å². The molecule has 1 amide bonds. The summed E-state index contributed by atoms with van der Waals surface area (Å²) in [6.07, 6.45) is 5.56. The van der Waals surface area contributed by atoms with Crippen LogP contribution in [0.3, 0.4) is 0 Å². The number of nitrogens with zero attached hydrogens (tertiary/aromatic N) is 3. The van der Waals surface area contributed by atoms with Gasteiger partial charge in [-0.2, -0.15) is 0 Å². The van der Waals surface area contributed by atoms with Gasteiger partial charge in [0.15, 0.2) is 0 Å². The van der Waals surface area contributed by atoms with Crippen LogP contribution in [0.4, 0.5) is 0 Å². The monoisotopic (exact) mass is 281 g/mol. The molecule has 0 aliphatic rings. The third kappa shape index (κ3) is 4.92. The molecule has 1 aromatic heterocycles. The van der Waals surface area contributed by atoms with Gasteiger partial charge in [0.05, 0.1) is 5.69 Å². The van der Waals surface area contributed by atoms with Crippen LogP contribution in [0.1, 0.15) is 58.7 Å². The lowest BCUT2D eigenvalue weighted by molar-refractivity contribution is -0.125. The lowest BCUT2D eigenvalue weighted by Gasteiger charge is -2.26. The van der Waals surface area contributed by atoms with Crippen molar-refractivity contribution in [3.05, 3.63) is 11.9 Å². The lowest BCUT2D eigenvalue weighted by atomic mass is 10.0. The van der Waals surface area contributed by atoms with E-state index in [0.29, 0.717) is 6.54 Å². The molecule has 20 heavy (non-hydrogen) atoms. The van der Waals surface area contributed by atoms with Crippen molar-refractivity contribution in [2.75, 3.05) is 6.54 Å². The Kier molecular flexibility index (Phi) is 6.13. The SMILES string of the molecule is CCC(C)(C)NC(=O)C(C)n1cc(CCCCN)nn1.